The van der Waals surface area contributed by atoms with Gasteiger partial charge in [0.2, 0.25) is 0 Å². The highest BCUT2D eigenvalue weighted by molar-refractivity contribution is 9.10. The number of carbonyl (C=O) groups excluding carboxylic acids is 2. The molecular weight excluding hydrogens is 466 g/mol. The molecule has 0 radical (unpaired) electrons. The molecule has 0 spiro atoms. The molecule has 0 saturated carbocycles. The standard InChI is InChI=1S/C22H30BrN3O5/c1-5-30-20(27)18-13-19(23)25-26(18)17(14-24-21(28)31-22(2,3)4)11-12-29-15-16-9-7-6-8-10-16/h6-10,13,17H,5,11-12,14-15H2,1-4H3,(H,24,28)/t17-/m1/s1. The summed E-state index contributed by atoms with van der Waals surface area (Å²) in [4.78, 5) is 24.5. The summed E-state index contributed by atoms with van der Waals surface area (Å²) < 4.78 is 18.3. The second kappa shape index (κ2) is 11.9. The number of hydrogen-bond donors (Lipinski definition) is 1. The predicted molar refractivity (Wildman–Crippen MR) is 120 cm³/mol. The van der Waals surface area contributed by atoms with Crippen LogP contribution in [0.2, 0.25) is 0 Å². The molecule has 0 bridgehead atoms. The van der Waals surface area contributed by atoms with E-state index in [4.69, 9.17) is 14.2 Å². The van der Waals surface area contributed by atoms with E-state index in [-0.39, 0.29) is 19.2 Å². The van der Waals surface area contributed by atoms with Crippen LogP contribution in [0.3, 0.4) is 0 Å². The minimum absolute atomic E-state index is 0.212. The Labute approximate surface area is 191 Å². The van der Waals surface area contributed by atoms with E-state index >= 15 is 0 Å². The van der Waals surface area contributed by atoms with E-state index in [1.807, 2.05) is 30.3 Å². The van der Waals surface area contributed by atoms with Crippen molar-refractivity contribution in [3.8, 4) is 0 Å². The molecule has 0 unspecified atom stereocenters. The predicted octanol–water partition coefficient (Wildman–Crippen LogP) is 4.50. The fourth-order valence-corrected chi connectivity index (χ4v) is 3.20. The molecule has 0 fully saturated rings. The summed E-state index contributed by atoms with van der Waals surface area (Å²) in [6, 6.07) is 11.1. The van der Waals surface area contributed by atoms with Gasteiger partial charge in [0.15, 0.2) is 0 Å². The van der Waals surface area contributed by atoms with Gasteiger partial charge in [0.1, 0.15) is 15.9 Å². The first-order valence-corrected chi connectivity index (χ1v) is 11.0. The van der Waals surface area contributed by atoms with Gasteiger partial charge in [0.25, 0.3) is 0 Å². The lowest BCUT2D eigenvalue weighted by atomic mass is 10.2. The average molecular weight is 496 g/mol. The fourth-order valence-electron chi connectivity index (χ4n) is 2.81. The van der Waals surface area contributed by atoms with E-state index < -0.39 is 17.7 Å². The van der Waals surface area contributed by atoms with Crippen LogP contribution in [0, 0.1) is 0 Å². The van der Waals surface area contributed by atoms with Crippen LogP contribution in [0.5, 0.6) is 0 Å². The maximum Gasteiger partial charge on any atom is 0.407 e. The third-order valence-electron chi connectivity index (χ3n) is 4.12. The van der Waals surface area contributed by atoms with Gasteiger partial charge < -0.3 is 19.5 Å². The SMILES string of the molecule is CCOC(=O)c1cc(Br)nn1[C@H](CCOCc1ccccc1)CNC(=O)OC(C)(C)C. The van der Waals surface area contributed by atoms with Crippen LogP contribution >= 0.6 is 15.9 Å². The van der Waals surface area contributed by atoms with Gasteiger partial charge in [-0.3, -0.25) is 4.68 Å². The van der Waals surface area contributed by atoms with E-state index in [9.17, 15) is 9.59 Å². The molecule has 1 aromatic carbocycles. The highest BCUT2D eigenvalue weighted by Crippen LogP contribution is 2.20. The molecule has 1 atom stereocenters. The highest BCUT2D eigenvalue weighted by atomic mass is 79.9. The van der Waals surface area contributed by atoms with E-state index in [0.29, 0.717) is 29.9 Å². The zero-order chi connectivity index (χ0) is 22.9. The highest BCUT2D eigenvalue weighted by Gasteiger charge is 2.24. The van der Waals surface area contributed by atoms with Gasteiger partial charge in [-0.2, -0.15) is 5.10 Å². The first kappa shape index (κ1) is 24.9. The van der Waals surface area contributed by atoms with Crippen molar-refractivity contribution in [3.05, 3.63) is 52.3 Å². The Balaban J connectivity index is 2.08. The van der Waals surface area contributed by atoms with Gasteiger partial charge in [-0.25, -0.2) is 9.59 Å². The first-order chi connectivity index (χ1) is 14.7. The summed E-state index contributed by atoms with van der Waals surface area (Å²) in [5.74, 6) is -0.479. The molecule has 1 amide bonds. The Morgan fingerprint density at radius 3 is 2.58 bits per heavy atom. The number of hydrogen-bond acceptors (Lipinski definition) is 6. The fraction of sp³-hybridized carbons (Fsp3) is 0.500. The molecule has 9 heteroatoms. The van der Waals surface area contributed by atoms with E-state index in [0.717, 1.165) is 5.56 Å². The average Bonchev–Trinajstić information content (AvgIpc) is 3.08. The summed E-state index contributed by atoms with van der Waals surface area (Å²) in [6.45, 7) is 8.48. The lowest BCUT2D eigenvalue weighted by Gasteiger charge is -2.23. The van der Waals surface area contributed by atoms with E-state index in [1.165, 1.54) is 0 Å². The number of ether oxygens (including phenoxy) is 3. The maximum absolute atomic E-state index is 12.4. The molecule has 0 saturated heterocycles. The zero-order valence-electron chi connectivity index (χ0n) is 18.4. The molecular formula is C22H30BrN3O5. The van der Waals surface area contributed by atoms with Gasteiger partial charge in [-0.15, -0.1) is 0 Å². The third kappa shape index (κ3) is 8.70. The van der Waals surface area contributed by atoms with Crippen molar-refractivity contribution >= 4 is 28.0 Å². The molecule has 170 valence electrons. The smallest absolute Gasteiger partial charge is 0.407 e. The summed E-state index contributed by atoms with van der Waals surface area (Å²) in [7, 11) is 0. The quantitative estimate of drug-likeness (QED) is 0.385. The number of rotatable bonds is 10. The number of aromatic nitrogens is 2. The summed E-state index contributed by atoms with van der Waals surface area (Å²) in [5, 5.41) is 7.15. The lowest BCUT2D eigenvalue weighted by Crippen LogP contribution is -2.37. The monoisotopic (exact) mass is 495 g/mol. The van der Waals surface area contributed by atoms with Gasteiger partial charge in [0, 0.05) is 19.2 Å². The van der Waals surface area contributed by atoms with Crippen molar-refractivity contribution in [3.63, 3.8) is 0 Å². The number of carbonyl (C=O) groups is 2. The number of halogens is 1. The van der Waals surface area contributed by atoms with Crippen molar-refractivity contribution in [2.75, 3.05) is 19.8 Å². The van der Waals surface area contributed by atoms with Crippen LogP contribution in [0.1, 0.15) is 56.2 Å². The molecule has 0 aliphatic heterocycles. The normalized spacial score (nSPS) is 12.3. The Kier molecular flexibility index (Phi) is 9.51. The summed E-state index contributed by atoms with van der Waals surface area (Å²) in [6.07, 6.45) is -0.0185. The van der Waals surface area contributed by atoms with Crippen LogP contribution in [0.4, 0.5) is 4.79 Å². The second-order valence-electron chi connectivity index (χ2n) is 7.88. The van der Waals surface area contributed by atoms with Crippen LogP contribution in [0.15, 0.2) is 41.0 Å². The van der Waals surface area contributed by atoms with Gasteiger partial charge >= 0.3 is 12.1 Å². The van der Waals surface area contributed by atoms with Crippen molar-refractivity contribution in [2.24, 2.45) is 0 Å². The van der Waals surface area contributed by atoms with Crippen LogP contribution < -0.4 is 5.32 Å². The largest absolute Gasteiger partial charge is 0.461 e. The Morgan fingerprint density at radius 2 is 1.94 bits per heavy atom. The van der Waals surface area contributed by atoms with Crippen LogP contribution in [0.25, 0.3) is 0 Å². The van der Waals surface area contributed by atoms with Gasteiger partial charge in [0.05, 0.1) is 19.3 Å². The van der Waals surface area contributed by atoms with Crippen LogP contribution in [-0.4, -0.2) is 47.2 Å². The Morgan fingerprint density at radius 1 is 1.23 bits per heavy atom. The van der Waals surface area contributed by atoms with E-state index in [1.54, 1.807) is 38.4 Å². The van der Waals surface area contributed by atoms with Gasteiger partial charge in [-0.05, 0) is 55.6 Å². The first-order valence-electron chi connectivity index (χ1n) is 10.2. The van der Waals surface area contributed by atoms with Gasteiger partial charge in [-0.1, -0.05) is 30.3 Å². The van der Waals surface area contributed by atoms with Crippen molar-refractivity contribution in [1.29, 1.82) is 0 Å². The van der Waals surface area contributed by atoms with Crippen LogP contribution in [-0.2, 0) is 20.8 Å². The topological polar surface area (TPSA) is 91.7 Å². The number of benzene rings is 1. The number of esters is 1. The Bertz CT molecular complexity index is 849. The maximum atomic E-state index is 12.4. The zero-order valence-corrected chi connectivity index (χ0v) is 20.0. The number of nitrogens with zero attached hydrogens (tertiary/aromatic N) is 2. The molecule has 0 aliphatic rings. The minimum Gasteiger partial charge on any atom is -0.461 e. The molecule has 1 aromatic heterocycles. The van der Waals surface area contributed by atoms with Crippen molar-refractivity contribution in [2.45, 2.75) is 52.4 Å². The molecule has 1 N–H and O–H groups in total. The lowest BCUT2D eigenvalue weighted by molar-refractivity contribution is 0.0496. The summed E-state index contributed by atoms with van der Waals surface area (Å²) >= 11 is 3.32. The second-order valence-corrected chi connectivity index (χ2v) is 8.69. The summed E-state index contributed by atoms with van der Waals surface area (Å²) in [5.41, 5.74) is 0.760. The Hall–Kier alpha value is -2.39. The van der Waals surface area contributed by atoms with Crippen molar-refractivity contribution in [1.82, 2.24) is 15.1 Å². The molecule has 8 nitrogen and oxygen atoms in total. The molecule has 1 heterocycles. The minimum atomic E-state index is -0.608. The molecule has 2 rings (SSSR count). The number of alkyl carbamates (subject to hydrolysis) is 1. The molecule has 2 aromatic rings. The number of amides is 1. The third-order valence-corrected chi connectivity index (χ3v) is 4.51. The number of nitrogens with one attached hydrogen (secondary N) is 1. The van der Waals surface area contributed by atoms with E-state index in [2.05, 4.69) is 26.3 Å². The van der Waals surface area contributed by atoms with Crippen molar-refractivity contribution < 1.29 is 23.8 Å². The molecule has 31 heavy (non-hydrogen) atoms. The molecule has 0 aliphatic carbocycles.